The highest BCUT2D eigenvalue weighted by atomic mass is 15.1. The number of benzene rings is 1. The fourth-order valence-electron chi connectivity index (χ4n) is 1.55. The molecule has 2 nitrogen and oxygen atoms in total. The van der Waals surface area contributed by atoms with Crippen LogP contribution in [0.4, 0.5) is 0 Å². The second kappa shape index (κ2) is 3.66. The second-order valence-electron chi connectivity index (χ2n) is 3.65. The summed E-state index contributed by atoms with van der Waals surface area (Å²) in [5.41, 5.74) is 2.40. The lowest BCUT2D eigenvalue weighted by Crippen LogP contribution is -2.00. The van der Waals surface area contributed by atoms with E-state index in [4.69, 9.17) is 0 Å². The van der Waals surface area contributed by atoms with E-state index in [1.165, 1.54) is 11.3 Å². The first-order chi connectivity index (χ1) is 6.79. The van der Waals surface area contributed by atoms with Crippen LogP contribution in [0.25, 0.3) is 11.3 Å². The zero-order valence-electron chi connectivity index (χ0n) is 8.51. The van der Waals surface area contributed by atoms with E-state index < -0.39 is 0 Å². The molecule has 0 atom stereocenters. The molecule has 2 heteroatoms. The molecule has 2 aromatic rings. The van der Waals surface area contributed by atoms with Crippen molar-refractivity contribution in [1.82, 2.24) is 9.55 Å². The van der Waals surface area contributed by atoms with Crippen LogP contribution in [0.2, 0.25) is 0 Å². The average Bonchev–Trinajstić information content (AvgIpc) is 2.67. The lowest BCUT2D eigenvalue weighted by molar-refractivity contribution is 0.605. The van der Waals surface area contributed by atoms with Gasteiger partial charge in [-0.15, -0.1) is 0 Å². The summed E-state index contributed by atoms with van der Waals surface area (Å²) < 4.78 is 2.18. The minimum absolute atomic E-state index is 0.452. The Bertz CT molecular complexity index is 401. The van der Waals surface area contributed by atoms with Crippen molar-refractivity contribution in [1.29, 1.82) is 0 Å². The summed E-state index contributed by atoms with van der Waals surface area (Å²) in [7, 11) is 0. The number of hydrogen-bond donors (Lipinski definition) is 0. The molecule has 0 aliphatic heterocycles. The largest absolute Gasteiger partial charge is 0.328 e. The maximum absolute atomic E-state index is 4.18. The molecule has 72 valence electrons. The SMILES string of the molecule is CC(C)n1cncc1-c1ccccc1. The van der Waals surface area contributed by atoms with Crippen LogP contribution < -0.4 is 0 Å². The first-order valence-corrected chi connectivity index (χ1v) is 4.86. The fraction of sp³-hybridized carbons (Fsp3) is 0.250. The smallest absolute Gasteiger partial charge is 0.0953 e. The highest BCUT2D eigenvalue weighted by Gasteiger charge is 2.06. The summed E-state index contributed by atoms with van der Waals surface area (Å²) in [6.45, 7) is 4.32. The van der Waals surface area contributed by atoms with Gasteiger partial charge in [0.2, 0.25) is 0 Å². The van der Waals surface area contributed by atoms with Gasteiger partial charge in [0, 0.05) is 6.04 Å². The third-order valence-electron chi connectivity index (χ3n) is 2.29. The number of hydrogen-bond acceptors (Lipinski definition) is 1. The van der Waals surface area contributed by atoms with Crippen molar-refractivity contribution in [2.75, 3.05) is 0 Å². The van der Waals surface area contributed by atoms with Crippen molar-refractivity contribution in [3.63, 3.8) is 0 Å². The van der Waals surface area contributed by atoms with Crippen LogP contribution in [-0.2, 0) is 0 Å². The Morgan fingerprint density at radius 1 is 1.14 bits per heavy atom. The molecule has 0 unspecified atom stereocenters. The normalized spacial score (nSPS) is 10.8. The van der Waals surface area contributed by atoms with Gasteiger partial charge in [0.25, 0.3) is 0 Å². The van der Waals surface area contributed by atoms with E-state index in [0.29, 0.717) is 6.04 Å². The third-order valence-corrected chi connectivity index (χ3v) is 2.29. The van der Waals surface area contributed by atoms with Crippen molar-refractivity contribution in [2.24, 2.45) is 0 Å². The van der Waals surface area contributed by atoms with Crippen LogP contribution in [0, 0.1) is 0 Å². The predicted octanol–water partition coefficient (Wildman–Crippen LogP) is 3.13. The summed E-state index contributed by atoms with van der Waals surface area (Å²) in [4.78, 5) is 4.18. The van der Waals surface area contributed by atoms with E-state index >= 15 is 0 Å². The lowest BCUT2D eigenvalue weighted by atomic mass is 10.1. The Morgan fingerprint density at radius 3 is 2.50 bits per heavy atom. The molecular weight excluding hydrogens is 172 g/mol. The molecule has 0 aliphatic rings. The van der Waals surface area contributed by atoms with Gasteiger partial charge in [-0.05, 0) is 19.4 Å². The Morgan fingerprint density at radius 2 is 1.86 bits per heavy atom. The van der Waals surface area contributed by atoms with Gasteiger partial charge in [-0.2, -0.15) is 0 Å². The topological polar surface area (TPSA) is 17.8 Å². The molecule has 14 heavy (non-hydrogen) atoms. The molecule has 0 N–H and O–H groups in total. The van der Waals surface area contributed by atoms with Gasteiger partial charge < -0.3 is 4.57 Å². The molecule has 0 fully saturated rings. The predicted molar refractivity (Wildman–Crippen MR) is 58.0 cm³/mol. The van der Waals surface area contributed by atoms with Crippen LogP contribution in [0.5, 0.6) is 0 Å². The van der Waals surface area contributed by atoms with E-state index in [-0.39, 0.29) is 0 Å². The average molecular weight is 186 g/mol. The van der Waals surface area contributed by atoms with Gasteiger partial charge in [-0.25, -0.2) is 4.98 Å². The molecule has 1 aromatic carbocycles. The van der Waals surface area contributed by atoms with Gasteiger partial charge in [-0.1, -0.05) is 30.3 Å². The van der Waals surface area contributed by atoms with Crippen molar-refractivity contribution >= 4 is 0 Å². The molecule has 0 amide bonds. The minimum Gasteiger partial charge on any atom is -0.328 e. The summed E-state index contributed by atoms with van der Waals surface area (Å²) in [6.07, 6.45) is 3.79. The highest BCUT2D eigenvalue weighted by molar-refractivity contribution is 5.58. The van der Waals surface area contributed by atoms with E-state index in [0.717, 1.165) is 0 Å². The maximum Gasteiger partial charge on any atom is 0.0953 e. The zero-order valence-corrected chi connectivity index (χ0v) is 8.51. The molecule has 2 rings (SSSR count). The highest BCUT2D eigenvalue weighted by Crippen LogP contribution is 2.21. The molecule has 1 aromatic heterocycles. The lowest BCUT2D eigenvalue weighted by Gasteiger charge is -2.11. The number of aromatic nitrogens is 2. The molecule has 0 saturated carbocycles. The summed E-state index contributed by atoms with van der Waals surface area (Å²) in [5, 5.41) is 0. The summed E-state index contributed by atoms with van der Waals surface area (Å²) >= 11 is 0. The fourth-order valence-corrected chi connectivity index (χ4v) is 1.55. The summed E-state index contributed by atoms with van der Waals surface area (Å²) in [5.74, 6) is 0. The molecule has 0 spiro atoms. The quantitative estimate of drug-likeness (QED) is 0.704. The second-order valence-corrected chi connectivity index (χ2v) is 3.65. The molecule has 0 aliphatic carbocycles. The standard InChI is InChI=1S/C12H14N2/c1-10(2)14-9-13-8-12(14)11-6-4-3-5-7-11/h3-10H,1-2H3. The van der Waals surface area contributed by atoms with Crippen molar-refractivity contribution in [2.45, 2.75) is 19.9 Å². The number of imidazole rings is 1. The molecular formula is C12H14N2. The number of nitrogens with zero attached hydrogens (tertiary/aromatic N) is 2. The first kappa shape index (κ1) is 9.00. The zero-order chi connectivity index (χ0) is 9.97. The van der Waals surface area contributed by atoms with Crippen LogP contribution >= 0.6 is 0 Å². The van der Waals surface area contributed by atoms with Gasteiger partial charge in [-0.3, -0.25) is 0 Å². The Hall–Kier alpha value is -1.57. The van der Waals surface area contributed by atoms with E-state index in [9.17, 15) is 0 Å². The summed E-state index contributed by atoms with van der Waals surface area (Å²) in [6, 6.07) is 10.8. The van der Waals surface area contributed by atoms with Gasteiger partial charge in [0.05, 0.1) is 18.2 Å². The maximum atomic E-state index is 4.18. The van der Waals surface area contributed by atoms with Crippen LogP contribution in [0.3, 0.4) is 0 Å². The van der Waals surface area contributed by atoms with Gasteiger partial charge in [0.15, 0.2) is 0 Å². The first-order valence-electron chi connectivity index (χ1n) is 4.86. The number of rotatable bonds is 2. The van der Waals surface area contributed by atoms with E-state index in [2.05, 4.69) is 35.5 Å². The Balaban J connectivity index is 2.47. The molecule has 0 saturated heterocycles. The van der Waals surface area contributed by atoms with Gasteiger partial charge >= 0.3 is 0 Å². The van der Waals surface area contributed by atoms with Crippen LogP contribution in [0.1, 0.15) is 19.9 Å². The molecule has 1 heterocycles. The van der Waals surface area contributed by atoms with E-state index in [1.807, 2.05) is 30.7 Å². The third kappa shape index (κ3) is 1.55. The van der Waals surface area contributed by atoms with Crippen molar-refractivity contribution in [3.05, 3.63) is 42.9 Å². The van der Waals surface area contributed by atoms with E-state index in [1.54, 1.807) is 0 Å². The van der Waals surface area contributed by atoms with Crippen LogP contribution in [-0.4, -0.2) is 9.55 Å². The Kier molecular flexibility index (Phi) is 2.35. The Labute approximate surface area is 84.2 Å². The van der Waals surface area contributed by atoms with Gasteiger partial charge in [0.1, 0.15) is 0 Å². The van der Waals surface area contributed by atoms with Crippen molar-refractivity contribution in [3.8, 4) is 11.3 Å². The molecule has 0 radical (unpaired) electrons. The van der Waals surface area contributed by atoms with Crippen molar-refractivity contribution < 1.29 is 0 Å². The minimum atomic E-state index is 0.452. The molecule has 0 bridgehead atoms. The monoisotopic (exact) mass is 186 g/mol. The van der Waals surface area contributed by atoms with Crippen LogP contribution in [0.15, 0.2) is 42.9 Å².